The number of aliphatic hydroxyl groups is 1. The number of morpholine rings is 1. The fraction of sp³-hybridized carbons (Fsp3) is 0.533. The molecule has 0 aromatic heterocycles. The lowest BCUT2D eigenvalue weighted by Crippen LogP contribution is -2.48. The van der Waals surface area contributed by atoms with Crippen LogP contribution in [0.2, 0.25) is 0 Å². The fourth-order valence-electron chi connectivity index (χ4n) is 2.92. The minimum Gasteiger partial charge on any atom is -0.378 e. The SMILES string of the molecule is CN1C(=O)C(O)c2ccc(N3CCOC(C)(C)C3)cc21. The molecule has 0 saturated carbocycles. The largest absolute Gasteiger partial charge is 0.378 e. The summed E-state index contributed by atoms with van der Waals surface area (Å²) < 4.78 is 5.72. The summed E-state index contributed by atoms with van der Waals surface area (Å²) in [6.45, 7) is 6.49. The molecule has 2 heterocycles. The van der Waals surface area contributed by atoms with Crippen molar-refractivity contribution in [2.24, 2.45) is 0 Å². The summed E-state index contributed by atoms with van der Waals surface area (Å²) in [5.74, 6) is -0.264. The van der Waals surface area contributed by atoms with Crippen LogP contribution in [0.5, 0.6) is 0 Å². The number of anilines is 2. The fourth-order valence-corrected chi connectivity index (χ4v) is 2.92. The van der Waals surface area contributed by atoms with Crippen molar-refractivity contribution in [1.29, 1.82) is 0 Å². The van der Waals surface area contributed by atoms with Crippen molar-refractivity contribution < 1.29 is 14.6 Å². The first-order valence-corrected chi connectivity index (χ1v) is 6.87. The van der Waals surface area contributed by atoms with E-state index in [4.69, 9.17) is 4.74 Å². The number of benzene rings is 1. The van der Waals surface area contributed by atoms with E-state index in [1.54, 1.807) is 7.05 Å². The first-order chi connectivity index (χ1) is 9.39. The monoisotopic (exact) mass is 276 g/mol. The first kappa shape index (κ1) is 13.4. The number of hydrogen-bond donors (Lipinski definition) is 1. The second kappa shape index (κ2) is 4.46. The molecule has 0 radical (unpaired) electrons. The van der Waals surface area contributed by atoms with Crippen molar-refractivity contribution in [1.82, 2.24) is 0 Å². The van der Waals surface area contributed by atoms with E-state index in [2.05, 4.69) is 18.7 Å². The lowest BCUT2D eigenvalue weighted by molar-refractivity contribution is -0.125. The van der Waals surface area contributed by atoms with Crippen LogP contribution >= 0.6 is 0 Å². The van der Waals surface area contributed by atoms with Crippen LogP contribution in [0.3, 0.4) is 0 Å². The predicted octanol–water partition coefficient (Wildman–Crippen LogP) is 1.31. The molecule has 1 N–H and O–H groups in total. The number of amides is 1. The third-order valence-electron chi connectivity index (χ3n) is 4.03. The van der Waals surface area contributed by atoms with E-state index < -0.39 is 6.10 Å². The quantitative estimate of drug-likeness (QED) is 0.840. The summed E-state index contributed by atoms with van der Waals surface area (Å²) in [5.41, 5.74) is 2.38. The van der Waals surface area contributed by atoms with Gasteiger partial charge in [-0.3, -0.25) is 4.79 Å². The number of hydrogen-bond acceptors (Lipinski definition) is 4. The minimum absolute atomic E-state index is 0.168. The third-order valence-corrected chi connectivity index (χ3v) is 4.03. The third kappa shape index (κ3) is 2.07. The summed E-state index contributed by atoms with van der Waals surface area (Å²) >= 11 is 0. The van der Waals surface area contributed by atoms with Gasteiger partial charge >= 0.3 is 0 Å². The maximum Gasteiger partial charge on any atom is 0.260 e. The lowest BCUT2D eigenvalue weighted by atomic mass is 10.1. The average Bonchev–Trinajstić information content (AvgIpc) is 2.62. The predicted molar refractivity (Wildman–Crippen MR) is 77.1 cm³/mol. The van der Waals surface area contributed by atoms with E-state index in [1.807, 2.05) is 18.2 Å². The second-order valence-corrected chi connectivity index (χ2v) is 6.07. The van der Waals surface area contributed by atoms with Gasteiger partial charge in [-0.15, -0.1) is 0 Å². The topological polar surface area (TPSA) is 53.0 Å². The summed E-state index contributed by atoms with van der Waals surface area (Å²) in [7, 11) is 1.70. The van der Waals surface area contributed by atoms with E-state index in [0.29, 0.717) is 12.2 Å². The molecule has 0 spiro atoms. The average molecular weight is 276 g/mol. The molecule has 0 bridgehead atoms. The Balaban J connectivity index is 1.92. The Kier molecular flexibility index (Phi) is 2.99. The molecule has 1 saturated heterocycles. The Morgan fingerprint density at radius 1 is 1.40 bits per heavy atom. The molecular formula is C15H20N2O3. The second-order valence-electron chi connectivity index (χ2n) is 6.07. The highest BCUT2D eigenvalue weighted by Crippen LogP contribution is 2.38. The van der Waals surface area contributed by atoms with Gasteiger partial charge in [0.05, 0.1) is 17.9 Å². The zero-order valence-corrected chi connectivity index (χ0v) is 12.1. The van der Waals surface area contributed by atoms with Gasteiger partial charge in [0.15, 0.2) is 6.10 Å². The number of fused-ring (bicyclic) bond motifs is 1. The van der Waals surface area contributed by atoms with Crippen molar-refractivity contribution in [2.75, 3.05) is 36.5 Å². The van der Waals surface area contributed by atoms with Gasteiger partial charge in [0, 0.05) is 31.4 Å². The van der Waals surface area contributed by atoms with Crippen molar-refractivity contribution in [2.45, 2.75) is 25.6 Å². The van der Waals surface area contributed by atoms with E-state index in [9.17, 15) is 9.90 Å². The molecule has 3 rings (SSSR count). The van der Waals surface area contributed by atoms with Crippen molar-refractivity contribution in [3.05, 3.63) is 23.8 Å². The molecule has 1 atom stereocenters. The Morgan fingerprint density at radius 2 is 2.15 bits per heavy atom. The summed E-state index contributed by atoms with van der Waals surface area (Å²) in [6, 6.07) is 5.79. The Labute approximate surface area is 118 Å². The van der Waals surface area contributed by atoms with E-state index in [-0.39, 0.29) is 11.5 Å². The van der Waals surface area contributed by atoms with Crippen LogP contribution in [0.15, 0.2) is 18.2 Å². The molecule has 5 heteroatoms. The Bertz CT molecular complexity index is 556. The molecule has 1 aromatic carbocycles. The highest BCUT2D eigenvalue weighted by molar-refractivity contribution is 6.03. The molecule has 108 valence electrons. The smallest absolute Gasteiger partial charge is 0.260 e. The molecule has 5 nitrogen and oxygen atoms in total. The number of likely N-dealkylation sites (N-methyl/N-ethyl adjacent to an activating group) is 1. The van der Waals surface area contributed by atoms with E-state index in [0.717, 1.165) is 24.5 Å². The van der Waals surface area contributed by atoms with Crippen LogP contribution < -0.4 is 9.80 Å². The molecule has 1 amide bonds. The van der Waals surface area contributed by atoms with Gasteiger partial charge in [0.1, 0.15) is 0 Å². The van der Waals surface area contributed by atoms with Crippen LogP contribution in [-0.4, -0.2) is 43.4 Å². The van der Waals surface area contributed by atoms with Gasteiger partial charge < -0.3 is 19.6 Å². The van der Waals surface area contributed by atoms with Crippen LogP contribution in [0, 0.1) is 0 Å². The van der Waals surface area contributed by atoms with Crippen LogP contribution in [0.25, 0.3) is 0 Å². The molecule has 1 unspecified atom stereocenters. The number of aliphatic hydroxyl groups excluding tert-OH is 1. The van der Waals surface area contributed by atoms with Gasteiger partial charge in [0.25, 0.3) is 5.91 Å². The zero-order valence-electron chi connectivity index (χ0n) is 12.1. The van der Waals surface area contributed by atoms with E-state index in [1.165, 1.54) is 4.90 Å². The summed E-state index contributed by atoms with van der Waals surface area (Å²) in [5, 5.41) is 9.88. The summed E-state index contributed by atoms with van der Waals surface area (Å²) in [6.07, 6.45) is -1.02. The highest BCUT2D eigenvalue weighted by Gasteiger charge is 2.34. The number of carbonyl (C=O) groups is 1. The zero-order chi connectivity index (χ0) is 14.5. The normalized spacial score (nSPS) is 25.0. The molecule has 0 aliphatic carbocycles. The number of ether oxygens (including phenoxy) is 1. The lowest BCUT2D eigenvalue weighted by Gasteiger charge is -2.39. The number of rotatable bonds is 1. The summed E-state index contributed by atoms with van der Waals surface area (Å²) in [4.78, 5) is 15.6. The van der Waals surface area contributed by atoms with Gasteiger partial charge in [-0.05, 0) is 26.0 Å². The standard InChI is InChI=1S/C15H20N2O3/c1-15(2)9-17(6-7-20-15)10-4-5-11-12(8-10)16(3)14(19)13(11)18/h4-5,8,13,18H,6-7,9H2,1-3H3. The Hall–Kier alpha value is -1.59. The van der Waals surface area contributed by atoms with Gasteiger partial charge in [0.2, 0.25) is 0 Å². The minimum atomic E-state index is -1.02. The van der Waals surface area contributed by atoms with Gasteiger partial charge in [-0.1, -0.05) is 6.07 Å². The van der Waals surface area contributed by atoms with Crippen LogP contribution in [-0.2, 0) is 9.53 Å². The number of nitrogens with zero attached hydrogens (tertiary/aromatic N) is 2. The maximum absolute atomic E-state index is 11.8. The first-order valence-electron chi connectivity index (χ1n) is 6.87. The molecule has 1 aromatic rings. The van der Waals surface area contributed by atoms with Crippen molar-refractivity contribution in [3.63, 3.8) is 0 Å². The highest BCUT2D eigenvalue weighted by atomic mass is 16.5. The maximum atomic E-state index is 11.8. The van der Waals surface area contributed by atoms with Crippen LogP contribution in [0.1, 0.15) is 25.5 Å². The molecule has 1 fully saturated rings. The van der Waals surface area contributed by atoms with E-state index >= 15 is 0 Å². The van der Waals surface area contributed by atoms with Gasteiger partial charge in [-0.2, -0.15) is 0 Å². The molecule has 2 aliphatic heterocycles. The molecule has 20 heavy (non-hydrogen) atoms. The van der Waals surface area contributed by atoms with Crippen molar-refractivity contribution >= 4 is 17.3 Å². The van der Waals surface area contributed by atoms with Crippen molar-refractivity contribution in [3.8, 4) is 0 Å². The van der Waals surface area contributed by atoms with Gasteiger partial charge in [-0.25, -0.2) is 0 Å². The van der Waals surface area contributed by atoms with Crippen LogP contribution in [0.4, 0.5) is 11.4 Å². The molecule has 2 aliphatic rings. The number of carbonyl (C=O) groups excluding carboxylic acids is 1. The Morgan fingerprint density at radius 3 is 2.85 bits per heavy atom. The molecular weight excluding hydrogens is 256 g/mol.